The highest BCUT2D eigenvalue weighted by atomic mass is 19.1. The predicted octanol–water partition coefficient (Wildman–Crippen LogP) is 5.29. The number of alkyl halides is 1. The average molecular weight is 712 g/mol. The van der Waals surface area contributed by atoms with Gasteiger partial charge in [0.15, 0.2) is 5.82 Å². The zero-order valence-corrected chi connectivity index (χ0v) is 29.1. The van der Waals surface area contributed by atoms with Gasteiger partial charge in [-0.15, -0.1) is 6.42 Å². The number of aromatic nitrogens is 4. The van der Waals surface area contributed by atoms with Gasteiger partial charge in [-0.3, -0.25) is 14.5 Å². The van der Waals surface area contributed by atoms with Crippen LogP contribution in [0.15, 0.2) is 30.5 Å². The Kier molecular flexibility index (Phi) is 7.80. The number of rotatable bonds is 7. The van der Waals surface area contributed by atoms with E-state index in [4.69, 9.17) is 26.2 Å². The molecule has 5 atom stereocenters. The van der Waals surface area contributed by atoms with Crippen LogP contribution in [0.3, 0.4) is 0 Å². The number of likely N-dealkylation sites (tertiary alicyclic amines) is 1. The molecule has 0 aliphatic carbocycles. The molecule has 0 unspecified atom stereocenters. The third-order valence-corrected chi connectivity index (χ3v) is 11.7. The molecule has 2 bridgehead atoms. The molecule has 0 spiro atoms. The maximum Gasteiger partial charge on any atom is 0.319 e. The van der Waals surface area contributed by atoms with Gasteiger partial charge in [0.25, 0.3) is 0 Å². The maximum absolute atomic E-state index is 17.7. The van der Waals surface area contributed by atoms with Crippen molar-refractivity contribution in [3.05, 3.63) is 47.7 Å². The monoisotopic (exact) mass is 711 g/mol. The fourth-order valence-corrected chi connectivity index (χ4v) is 9.68. The number of hydrogen-bond donors (Lipinski definition) is 2. The molecule has 9 rings (SSSR count). The van der Waals surface area contributed by atoms with Gasteiger partial charge in [0, 0.05) is 74.3 Å². The summed E-state index contributed by atoms with van der Waals surface area (Å²) in [5.74, 6) is 1.42. The number of aliphatic hydroxyl groups excluding tert-OH is 1. The van der Waals surface area contributed by atoms with Crippen molar-refractivity contribution in [1.29, 1.82) is 0 Å². The van der Waals surface area contributed by atoms with Crippen LogP contribution in [0.1, 0.15) is 44.6 Å². The predicted molar refractivity (Wildman–Crippen MR) is 192 cm³/mol. The molecule has 4 saturated heterocycles. The van der Waals surface area contributed by atoms with Crippen LogP contribution in [0.2, 0.25) is 0 Å². The lowest BCUT2D eigenvalue weighted by Gasteiger charge is -2.42. The van der Waals surface area contributed by atoms with E-state index in [0.29, 0.717) is 54.6 Å². The minimum atomic E-state index is -0.945. The van der Waals surface area contributed by atoms with Crippen LogP contribution in [0.4, 0.5) is 19.0 Å². The number of phenolic OH excluding ortho intramolecular Hbond substituents is 1. The number of aromatic hydroxyl groups is 1. The minimum absolute atomic E-state index is 0.00738. The summed E-state index contributed by atoms with van der Waals surface area (Å²) in [5.41, 5.74) is -0.0594. The van der Waals surface area contributed by atoms with E-state index in [0.717, 1.165) is 32.2 Å². The fraction of sp³-hybridized carbons (Fsp3) is 0.462. The standard InChI is InChI=1S/C39H40F3N7O3/c1-4-27-30(41)9-6-22-12-26(51)13-28(31(22)27)32-34(42)36-33(29-19-46(3)45-35(29)32)37(49-24-7-8-25(49)18-47(17-24)15-21(2)50)44-38(43-36)52-20-39-10-5-11-48(39)16-23(40)14-39/h1,6,9,12-13,19,21,23-25,50-51H,5,7-8,10-11,14-18,20H2,2-3H3/t21-,23-,24-,25+,39+/m1/s1. The van der Waals surface area contributed by atoms with Gasteiger partial charge < -0.3 is 19.8 Å². The molecule has 5 aromatic rings. The third-order valence-electron chi connectivity index (χ3n) is 11.7. The quantitative estimate of drug-likeness (QED) is 0.218. The molecule has 52 heavy (non-hydrogen) atoms. The summed E-state index contributed by atoms with van der Waals surface area (Å²) in [6, 6.07) is 5.64. The van der Waals surface area contributed by atoms with Crippen molar-refractivity contribution in [3.8, 4) is 35.2 Å². The van der Waals surface area contributed by atoms with Gasteiger partial charge in [-0.1, -0.05) is 12.0 Å². The van der Waals surface area contributed by atoms with Gasteiger partial charge >= 0.3 is 6.01 Å². The highest BCUT2D eigenvalue weighted by molar-refractivity contribution is 6.18. The summed E-state index contributed by atoms with van der Waals surface area (Å²) in [6.07, 6.45) is 10.1. The number of nitrogens with zero attached hydrogens (tertiary/aromatic N) is 7. The first kappa shape index (κ1) is 33.2. The van der Waals surface area contributed by atoms with Crippen LogP contribution >= 0.6 is 0 Å². The first-order valence-electron chi connectivity index (χ1n) is 18.0. The van der Waals surface area contributed by atoms with E-state index in [1.807, 2.05) is 0 Å². The maximum atomic E-state index is 17.7. The Morgan fingerprint density at radius 2 is 1.88 bits per heavy atom. The molecule has 270 valence electrons. The molecule has 10 nitrogen and oxygen atoms in total. The van der Waals surface area contributed by atoms with Crippen LogP contribution in [0.25, 0.3) is 43.7 Å². The number of phenols is 1. The molecule has 0 amide bonds. The number of piperazine rings is 1. The zero-order valence-electron chi connectivity index (χ0n) is 29.1. The molecule has 4 aliphatic heterocycles. The van der Waals surface area contributed by atoms with E-state index in [-0.39, 0.29) is 63.6 Å². The minimum Gasteiger partial charge on any atom is -0.508 e. The third kappa shape index (κ3) is 5.17. The van der Waals surface area contributed by atoms with E-state index in [9.17, 15) is 14.6 Å². The second-order valence-corrected chi connectivity index (χ2v) is 15.2. The van der Waals surface area contributed by atoms with Crippen molar-refractivity contribution in [1.82, 2.24) is 29.5 Å². The Bertz CT molecular complexity index is 2290. The number of benzene rings is 3. The van der Waals surface area contributed by atoms with Gasteiger partial charge in [0.2, 0.25) is 0 Å². The Morgan fingerprint density at radius 1 is 1.10 bits per heavy atom. The first-order valence-corrected chi connectivity index (χ1v) is 18.0. The highest BCUT2D eigenvalue weighted by Gasteiger charge is 2.50. The molecular weight excluding hydrogens is 671 g/mol. The van der Waals surface area contributed by atoms with Crippen LogP contribution in [0.5, 0.6) is 11.8 Å². The Balaban J connectivity index is 1.28. The van der Waals surface area contributed by atoms with Crippen LogP contribution in [-0.2, 0) is 7.05 Å². The van der Waals surface area contributed by atoms with Crippen LogP contribution in [0, 0.1) is 24.0 Å². The summed E-state index contributed by atoms with van der Waals surface area (Å²) >= 11 is 0. The molecule has 0 saturated carbocycles. The van der Waals surface area contributed by atoms with Crippen molar-refractivity contribution >= 4 is 38.4 Å². The first-order chi connectivity index (χ1) is 25.0. The number of β-amino-alcohol motifs (C(OH)–C–C–N with tert-alkyl or cyclic N) is 1. The number of terminal acetylenes is 1. The number of aliphatic hydroxyl groups is 1. The van der Waals surface area contributed by atoms with Gasteiger partial charge in [-0.2, -0.15) is 15.1 Å². The summed E-state index contributed by atoms with van der Waals surface area (Å²) in [5, 5.41) is 27.5. The molecule has 13 heteroatoms. The van der Waals surface area contributed by atoms with E-state index >= 15 is 8.78 Å². The second-order valence-electron chi connectivity index (χ2n) is 15.2. The van der Waals surface area contributed by atoms with Crippen molar-refractivity contribution in [3.63, 3.8) is 0 Å². The van der Waals surface area contributed by atoms with Crippen molar-refractivity contribution in [2.75, 3.05) is 44.2 Å². The van der Waals surface area contributed by atoms with Gasteiger partial charge in [-0.25, -0.2) is 13.2 Å². The number of anilines is 1. The number of hydrogen-bond acceptors (Lipinski definition) is 9. The van der Waals surface area contributed by atoms with Crippen molar-refractivity contribution in [2.24, 2.45) is 7.05 Å². The SMILES string of the molecule is C#Cc1c(F)ccc2cc(O)cc(-c3c(F)c4nc(OC[C@@]56CCCN5C[C@H](F)C6)nc(N5[C@@H]6CC[C@H]5CN(C[C@@H](C)O)C6)c4c4cn(C)nc34)c12. The van der Waals surface area contributed by atoms with Crippen LogP contribution < -0.4 is 9.64 Å². The second kappa shape index (κ2) is 12.2. The molecule has 6 heterocycles. The molecule has 4 fully saturated rings. The highest BCUT2D eigenvalue weighted by Crippen LogP contribution is 2.47. The summed E-state index contributed by atoms with van der Waals surface area (Å²) in [4.78, 5) is 16.5. The van der Waals surface area contributed by atoms with Gasteiger partial charge in [0.05, 0.1) is 22.6 Å². The largest absolute Gasteiger partial charge is 0.508 e. The molecular formula is C39H40F3N7O3. The Hall–Kier alpha value is -4.64. The van der Waals surface area contributed by atoms with Gasteiger partial charge in [0.1, 0.15) is 41.2 Å². The van der Waals surface area contributed by atoms with Crippen molar-refractivity contribution in [2.45, 2.75) is 68.9 Å². The summed E-state index contributed by atoms with van der Waals surface area (Å²) < 4.78 is 55.6. The number of fused-ring (bicyclic) bond motifs is 7. The molecule has 0 radical (unpaired) electrons. The Labute approximate surface area is 298 Å². The number of aryl methyl sites for hydroxylation is 1. The zero-order chi connectivity index (χ0) is 36.1. The van der Waals surface area contributed by atoms with E-state index in [1.54, 1.807) is 24.9 Å². The lowest BCUT2D eigenvalue weighted by Crippen LogP contribution is -2.55. The topological polar surface area (TPSA) is 103 Å². The molecule has 4 aliphatic rings. The van der Waals surface area contributed by atoms with E-state index < -0.39 is 29.4 Å². The normalized spacial score (nSPS) is 25.4. The molecule has 2 N–H and O–H groups in total. The fourth-order valence-electron chi connectivity index (χ4n) is 9.68. The summed E-state index contributed by atoms with van der Waals surface area (Å²) in [7, 11) is 1.74. The van der Waals surface area contributed by atoms with Crippen molar-refractivity contribution < 1.29 is 28.1 Å². The lowest BCUT2D eigenvalue weighted by molar-refractivity contribution is 0.107. The molecule has 2 aromatic heterocycles. The van der Waals surface area contributed by atoms with E-state index in [2.05, 4.69) is 20.6 Å². The molecule has 3 aromatic carbocycles. The summed E-state index contributed by atoms with van der Waals surface area (Å²) in [6.45, 7) is 5.06. The lowest BCUT2D eigenvalue weighted by atomic mass is 9.91. The number of halogens is 3. The Morgan fingerprint density at radius 3 is 2.63 bits per heavy atom. The number of ether oxygens (including phenoxy) is 1. The van der Waals surface area contributed by atoms with Gasteiger partial charge in [-0.05, 0) is 68.3 Å². The smallest absolute Gasteiger partial charge is 0.319 e. The van der Waals surface area contributed by atoms with Crippen LogP contribution in [-0.4, -0.2) is 109 Å². The van der Waals surface area contributed by atoms with E-state index in [1.165, 1.54) is 24.3 Å². The average Bonchev–Trinajstić information content (AvgIpc) is 3.82.